The van der Waals surface area contributed by atoms with Gasteiger partial charge in [0.1, 0.15) is 12.4 Å². The van der Waals surface area contributed by atoms with Crippen molar-refractivity contribution in [1.29, 1.82) is 0 Å². The van der Waals surface area contributed by atoms with Crippen LogP contribution >= 0.6 is 0 Å². The maximum atomic E-state index is 14.3. The number of carbonyl (C=O) groups is 2. The number of hydrogen-bond acceptors (Lipinski definition) is 10. The van der Waals surface area contributed by atoms with E-state index in [1.807, 2.05) is 32.0 Å². The number of fused-ring (bicyclic) bond motifs is 4. The lowest BCUT2D eigenvalue weighted by Gasteiger charge is -2.35. The number of aromatic nitrogens is 4. The average molecular weight is 660 g/mol. The molecule has 2 aromatic heterocycles. The first-order valence-electron chi connectivity index (χ1n) is 14.9. The summed E-state index contributed by atoms with van der Waals surface area (Å²) >= 11 is 0. The van der Waals surface area contributed by atoms with Crippen molar-refractivity contribution >= 4 is 33.7 Å². The standard InChI is InChI=1S/C33H37N7O6S/c1-20-9-7-10-21(2)29(20)26-14-28-38-31(37-26)39-47(43,44)25-12-8-11-22(13-25)30(41)40(24(19-46-28)15-33(3,4)5)18-27-34-16-23(17-35-27)36-32(42)45-6/h7-14,16-17,24H,15,18-19H2,1-6H3,(H,36,42)(H,37,38,39)/t24-/m1/s1. The van der Waals surface area contributed by atoms with Crippen LogP contribution in [0.4, 0.5) is 16.4 Å². The highest BCUT2D eigenvalue weighted by molar-refractivity contribution is 7.92. The molecule has 0 radical (unpaired) electrons. The van der Waals surface area contributed by atoms with Gasteiger partial charge in [-0.15, -0.1) is 0 Å². The summed E-state index contributed by atoms with van der Waals surface area (Å²) in [5.41, 5.74) is 3.43. The van der Waals surface area contributed by atoms with E-state index in [1.54, 1.807) is 17.0 Å². The second kappa shape index (κ2) is 13.3. The van der Waals surface area contributed by atoms with Gasteiger partial charge in [0, 0.05) is 17.2 Å². The molecule has 0 saturated heterocycles. The topological polar surface area (TPSA) is 166 Å². The molecule has 4 aromatic rings. The number of nitrogens with zero attached hydrogens (tertiary/aromatic N) is 5. The van der Waals surface area contributed by atoms with Crippen LogP contribution in [0.15, 0.2) is 65.8 Å². The van der Waals surface area contributed by atoms with Crippen LogP contribution in [0.3, 0.4) is 0 Å². The van der Waals surface area contributed by atoms with Gasteiger partial charge in [-0.2, -0.15) is 4.98 Å². The van der Waals surface area contributed by atoms with Gasteiger partial charge in [-0.3, -0.25) is 10.1 Å². The van der Waals surface area contributed by atoms with E-state index in [1.165, 1.54) is 37.7 Å². The Balaban J connectivity index is 1.62. The summed E-state index contributed by atoms with van der Waals surface area (Å²) in [4.78, 5) is 45.1. The lowest BCUT2D eigenvalue weighted by Crippen LogP contribution is -2.45. The first kappa shape index (κ1) is 33.3. The number of benzene rings is 2. The van der Waals surface area contributed by atoms with E-state index in [-0.39, 0.29) is 40.9 Å². The van der Waals surface area contributed by atoms with Crippen molar-refractivity contribution in [3.8, 4) is 17.1 Å². The number of sulfonamides is 1. The predicted octanol–water partition coefficient (Wildman–Crippen LogP) is 5.37. The van der Waals surface area contributed by atoms with E-state index in [0.29, 0.717) is 23.6 Å². The normalized spacial score (nSPS) is 16.1. The van der Waals surface area contributed by atoms with Gasteiger partial charge in [0.25, 0.3) is 15.9 Å². The zero-order valence-electron chi connectivity index (χ0n) is 27.1. The molecule has 0 spiro atoms. The smallest absolute Gasteiger partial charge is 0.411 e. The van der Waals surface area contributed by atoms with E-state index in [2.05, 4.69) is 55.5 Å². The molecule has 5 rings (SSSR count). The fourth-order valence-corrected chi connectivity index (χ4v) is 6.36. The molecule has 1 atom stereocenters. The second-order valence-corrected chi connectivity index (χ2v) is 14.2. The monoisotopic (exact) mass is 659 g/mol. The minimum Gasteiger partial charge on any atom is -0.475 e. The van der Waals surface area contributed by atoms with E-state index >= 15 is 0 Å². The number of amides is 2. The van der Waals surface area contributed by atoms with Gasteiger partial charge in [-0.05, 0) is 55.0 Å². The van der Waals surface area contributed by atoms with Crippen LogP contribution in [0.25, 0.3) is 11.3 Å². The largest absolute Gasteiger partial charge is 0.475 e. The Hall–Kier alpha value is -5.11. The molecule has 2 N–H and O–H groups in total. The Bertz CT molecular complexity index is 1890. The summed E-state index contributed by atoms with van der Waals surface area (Å²) in [6.45, 7) is 10.1. The molecule has 14 heteroatoms. The maximum absolute atomic E-state index is 14.3. The highest BCUT2D eigenvalue weighted by atomic mass is 32.2. The van der Waals surface area contributed by atoms with Crippen molar-refractivity contribution in [2.75, 3.05) is 23.8 Å². The van der Waals surface area contributed by atoms with Crippen LogP contribution < -0.4 is 14.8 Å². The number of hydrogen-bond donors (Lipinski definition) is 2. The first-order valence-corrected chi connectivity index (χ1v) is 16.4. The molecule has 13 nitrogen and oxygen atoms in total. The summed E-state index contributed by atoms with van der Waals surface area (Å²) < 4.78 is 40.6. The molecule has 47 heavy (non-hydrogen) atoms. The zero-order chi connectivity index (χ0) is 33.9. The van der Waals surface area contributed by atoms with Crippen LogP contribution in [0, 0.1) is 19.3 Å². The van der Waals surface area contributed by atoms with Gasteiger partial charge in [-0.1, -0.05) is 45.0 Å². The molecular weight excluding hydrogens is 622 g/mol. The van der Waals surface area contributed by atoms with E-state index in [0.717, 1.165) is 16.7 Å². The minimum absolute atomic E-state index is 0.0279. The summed E-state index contributed by atoms with van der Waals surface area (Å²) in [6.07, 6.45) is 2.67. The van der Waals surface area contributed by atoms with Crippen molar-refractivity contribution in [2.45, 2.75) is 58.5 Å². The summed E-state index contributed by atoms with van der Waals surface area (Å²) in [5, 5.41) is 2.50. The van der Waals surface area contributed by atoms with E-state index in [4.69, 9.17) is 4.74 Å². The van der Waals surface area contributed by atoms with Gasteiger partial charge in [0.05, 0.1) is 48.4 Å². The Labute approximate surface area is 273 Å². The fraction of sp³-hybridized carbons (Fsp3) is 0.333. The minimum atomic E-state index is -4.21. The Kier molecular flexibility index (Phi) is 9.43. The molecule has 0 aliphatic carbocycles. The van der Waals surface area contributed by atoms with Crippen LogP contribution in [0.5, 0.6) is 5.88 Å². The number of rotatable bonds is 5. The number of ether oxygens (including phenoxy) is 2. The van der Waals surface area contributed by atoms with Gasteiger partial charge >= 0.3 is 6.09 Å². The third-order valence-electron chi connectivity index (χ3n) is 7.48. The molecule has 0 unspecified atom stereocenters. The Morgan fingerprint density at radius 2 is 1.74 bits per heavy atom. The molecule has 4 bridgehead atoms. The van der Waals surface area contributed by atoms with Crippen LogP contribution in [-0.2, 0) is 21.3 Å². The van der Waals surface area contributed by atoms with Gasteiger partial charge in [-0.25, -0.2) is 32.9 Å². The lowest BCUT2D eigenvalue weighted by atomic mass is 9.87. The average Bonchev–Trinajstić information content (AvgIpc) is 3.01. The van der Waals surface area contributed by atoms with Gasteiger partial charge in [0.15, 0.2) is 0 Å². The molecule has 1 aliphatic heterocycles. The number of methoxy groups -OCH3 is 1. The quantitative estimate of drug-likeness (QED) is 0.285. The predicted molar refractivity (Wildman–Crippen MR) is 175 cm³/mol. The molecule has 2 aromatic carbocycles. The van der Waals surface area contributed by atoms with Gasteiger partial charge < -0.3 is 14.4 Å². The molecule has 3 heterocycles. The van der Waals surface area contributed by atoms with Gasteiger partial charge in [0.2, 0.25) is 11.8 Å². The van der Waals surface area contributed by atoms with Crippen molar-refractivity contribution < 1.29 is 27.5 Å². The third-order valence-corrected chi connectivity index (χ3v) is 8.80. The summed E-state index contributed by atoms with van der Waals surface area (Å²) in [6, 6.07) is 12.8. The first-order chi connectivity index (χ1) is 22.2. The summed E-state index contributed by atoms with van der Waals surface area (Å²) in [7, 11) is -2.96. The molecule has 246 valence electrons. The molecule has 0 saturated carbocycles. The molecule has 0 fully saturated rings. The van der Waals surface area contributed by atoms with Crippen molar-refractivity contribution in [3.05, 3.63) is 83.4 Å². The molecular formula is C33H37N7O6S. The van der Waals surface area contributed by atoms with E-state index < -0.39 is 28.1 Å². The fourth-order valence-electron chi connectivity index (χ4n) is 5.37. The number of carbonyl (C=O) groups excluding carboxylic acids is 2. The highest BCUT2D eigenvalue weighted by Gasteiger charge is 2.32. The third kappa shape index (κ3) is 8.01. The van der Waals surface area contributed by atoms with Crippen LogP contribution in [0.1, 0.15) is 54.5 Å². The van der Waals surface area contributed by atoms with Crippen LogP contribution in [0.2, 0.25) is 0 Å². The van der Waals surface area contributed by atoms with Crippen molar-refractivity contribution in [1.82, 2.24) is 24.8 Å². The van der Waals surface area contributed by atoms with Crippen molar-refractivity contribution in [3.63, 3.8) is 0 Å². The highest BCUT2D eigenvalue weighted by Crippen LogP contribution is 2.31. The molecule has 2 amide bonds. The number of anilines is 2. The molecule has 1 aliphatic rings. The second-order valence-electron chi connectivity index (χ2n) is 12.5. The lowest BCUT2D eigenvalue weighted by molar-refractivity contribution is 0.0505. The SMILES string of the molecule is COC(=O)Nc1cnc(CN2C(=O)c3cccc(c3)S(=O)(=O)Nc3nc(cc(-c4c(C)cccc4C)n3)OC[C@H]2CC(C)(C)C)nc1. The number of nitrogens with one attached hydrogen (secondary N) is 2. The zero-order valence-corrected chi connectivity index (χ0v) is 27.9. The van der Waals surface area contributed by atoms with E-state index in [9.17, 15) is 18.0 Å². The Morgan fingerprint density at radius 1 is 1.06 bits per heavy atom. The number of aryl methyl sites for hydroxylation is 2. The maximum Gasteiger partial charge on any atom is 0.411 e. The Morgan fingerprint density at radius 3 is 2.40 bits per heavy atom. The summed E-state index contributed by atoms with van der Waals surface area (Å²) in [5.74, 6) is -0.158. The van der Waals surface area contributed by atoms with Crippen molar-refractivity contribution in [2.24, 2.45) is 5.41 Å². The van der Waals surface area contributed by atoms with Crippen LogP contribution in [-0.4, -0.2) is 65.0 Å².